The molecule has 0 aromatic heterocycles. The van der Waals surface area contributed by atoms with Gasteiger partial charge in [0, 0.05) is 55.6 Å². The maximum Gasteiger partial charge on any atom is 0.251 e. The number of carbonyl (C=O) groups is 1. The molecule has 3 N–H and O–H groups in total. The largest absolute Gasteiger partial charge is 0.508 e. The summed E-state index contributed by atoms with van der Waals surface area (Å²) in [6, 6.07) is 19.1. The number of phenols is 2. The van der Waals surface area contributed by atoms with E-state index in [0.717, 1.165) is 31.9 Å². The van der Waals surface area contributed by atoms with Crippen molar-refractivity contribution in [3.05, 3.63) is 77.3 Å². The third-order valence-corrected chi connectivity index (χ3v) is 7.02. The number of hydrogen-bond acceptors (Lipinski definition) is 6. The van der Waals surface area contributed by atoms with Crippen molar-refractivity contribution in [3.63, 3.8) is 0 Å². The fourth-order valence-corrected chi connectivity index (χ4v) is 4.81. The monoisotopic (exact) mass is 595 g/mol. The van der Waals surface area contributed by atoms with Crippen molar-refractivity contribution >= 4 is 48.0 Å². The summed E-state index contributed by atoms with van der Waals surface area (Å²) in [7, 11) is 0. The van der Waals surface area contributed by atoms with Crippen molar-refractivity contribution < 1.29 is 19.7 Å². The normalized spacial score (nSPS) is 16.1. The number of carbonyl (C=O) groups excluding carboxylic acids is 1. The van der Waals surface area contributed by atoms with Gasteiger partial charge in [-0.15, -0.1) is 24.8 Å². The Balaban J connectivity index is 0.00000267. The summed E-state index contributed by atoms with van der Waals surface area (Å²) in [5, 5.41) is 23.3. The molecule has 1 aliphatic heterocycles. The molecule has 1 saturated heterocycles. The van der Waals surface area contributed by atoms with Gasteiger partial charge in [0.15, 0.2) is 11.5 Å². The Labute approximate surface area is 247 Å². The average Bonchev–Trinajstić information content (AvgIpc) is 2.86. The van der Waals surface area contributed by atoms with Crippen LogP contribution in [0.25, 0.3) is 0 Å². The van der Waals surface area contributed by atoms with Gasteiger partial charge >= 0.3 is 0 Å². The molecule has 39 heavy (non-hydrogen) atoms. The lowest BCUT2D eigenvalue weighted by Gasteiger charge is -2.42. The zero-order chi connectivity index (χ0) is 26.5. The fourth-order valence-electron chi connectivity index (χ4n) is 4.59. The van der Waals surface area contributed by atoms with E-state index < -0.39 is 0 Å². The summed E-state index contributed by atoms with van der Waals surface area (Å²) >= 11 is 6.41. The summed E-state index contributed by atoms with van der Waals surface area (Å²) in [4.78, 5) is 17.8. The zero-order valence-electron chi connectivity index (χ0n) is 22.2. The number of benzene rings is 3. The van der Waals surface area contributed by atoms with Crippen LogP contribution in [0.2, 0.25) is 5.02 Å². The summed E-state index contributed by atoms with van der Waals surface area (Å²) < 4.78 is 5.71. The highest BCUT2D eigenvalue weighted by atomic mass is 35.5. The van der Waals surface area contributed by atoms with Crippen LogP contribution in [0.15, 0.2) is 66.7 Å². The maximum atomic E-state index is 13.1. The second-order valence-corrected chi connectivity index (χ2v) is 10.3. The Morgan fingerprint density at radius 3 is 2.41 bits per heavy atom. The average molecular weight is 597 g/mol. The fraction of sp³-hybridized carbons (Fsp3) is 0.345. The Morgan fingerprint density at radius 1 is 1.03 bits per heavy atom. The van der Waals surface area contributed by atoms with Crippen molar-refractivity contribution in [2.45, 2.75) is 32.9 Å². The van der Waals surface area contributed by atoms with Crippen LogP contribution in [0, 0.1) is 5.92 Å². The van der Waals surface area contributed by atoms with Crippen molar-refractivity contribution in [1.29, 1.82) is 0 Å². The standard InChI is InChI=1S/C29H34ClN3O4.2ClH/c1-19(2)25(18-32-13-14-33(20(3)17-32)22-7-6-8-23(34)16-22)31-29(36)21-11-12-27(24(30)15-21)37-28-10-5-4-9-26(28)35;;/h4-12,15-16,19-20,25,34-35H,13-14,17-18H2,1-3H3,(H,31,36);2*1H/t20-,25?;;/m0../s1. The number of piperazine rings is 1. The molecule has 1 fully saturated rings. The van der Waals surface area contributed by atoms with Crippen LogP contribution < -0.4 is 15.0 Å². The van der Waals surface area contributed by atoms with Crippen molar-refractivity contribution in [1.82, 2.24) is 10.2 Å². The van der Waals surface area contributed by atoms with E-state index in [-0.39, 0.29) is 65.2 Å². The van der Waals surface area contributed by atoms with Gasteiger partial charge in [-0.3, -0.25) is 9.69 Å². The number of amides is 1. The predicted octanol–water partition coefficient (Wildman–Crippen LogP) is 6.35. The molecule has 0 spiro atoms. The number of hydrogen-bond donors (Lipinski definition) is 3. The summed E-state index contributed by atoms with van der Waals surface area (Å²) in [6.45, 7) is 9.70. The van der Waals surface area contributed by atoms with Gasteiger partial charge in [-0.25, -0.2) is 0 Å². The SMILES string of the molecule is CC(C)C(CN1CCN(c2cccc(O)c2)[C@@H](C)C1)NC(=O)c1ccc(Oc2ccccc2O)c(Cl)c1.Cl.Cl. The molecule has 0 saturated carbocycles. The first-order chi connectivity index (χ1) is 17.7. The topological polar surface area (TPSA) is 85.3 Å². The van der Waals surface area contributed by atoms with Crippen LogP contribution in [-0.2, 0) is 0 Å². The lowest BCUT2D eigenvalue weighted by Crippen LogP contribution is -2.56. The van der Waals surface area contributed by atoms with E-state index in [9.17, 15) is 15.0 Å². The molecule has 0 aliphatic carbocycles. The Morgan fingerprint density at radius 2 is 1.77 bits per heavy atom. The number of nitrogens with zero attached hydrogens (tertiary/aromatic N) is 2. The highest BCUT2D eigenvalue weighted by Gasteiger charge is 2.27. The molecule has 0 bridgehead atoms. The second kappa shape index (κ2) is 14.5. The third-order valence-electron chi connectivity index (χ3n) is 6.73. The molecule has 1 amide bonds. The minimum absolute atomic E-state index is 0. The van der Waals surface area contributed by atoms with E-state index in [4.69, 9.17) is 16.3 Å². The molecule has 4 rings (SSSR count). The zero-order valence-corrected chi connectivity index (χ0v) is 24.6. The Hall–Kier alpha value is -2.84. The van der Waals surface area contributed by atoms with E-state index in [0.29, 0.717) is 17.1 Å². The minimum Gasteiger partial charge on any atom is -0.508 e. The van der Waals surface area contributed by atoms with Crippen LogP contribution in [0.1, 0.15) is 31.1 Å². The van der Waals surface area contributed by atoms with Crippen molar-refractivity contribution in [2.75, 3.05) is 31.1 Å². The van der Waals surface area contributed by atoms with E-state index in [2.05, 4.69) is 35.9 Å². The molecular weight excluding hydrogens is 561 g/mol. The Kier molecular flexibility index (Phi) is 12.1. The number of aromatic hydroxyl groups is 2. The lowest BCUT2D eigenvalue weighted by atomic mass is 10.0. The molecule has 10 heteroatoms. The lowest BCUT2D eigenvalue weighted by molar-refractivity contribution is 0.0903. The van der Waals surface area contributed by atoms with Crippen LogP contribution in [-0.4, -0.2) is 59.3 Å². The molecule has 2 atom stereocenters. The number of anilines is 1. The number of nitrogens with one attached hydrogen (secondary N) is 1. The molecule has 3 aromatic carbocycles. The van der Waals surface area contributed by atoms with Crippen molar-refractivity contribution in [2.24, 2.45) is 5.92 Å². The van der Waals surface area contributed by atoms with Crippen molar-refractivity contribution in [3.8, 4) is 23.0 Å². The van der Waals surface area contributed by atoms with E-state index >= 15 is 0 Å². The molecule has 1 aliphatic rings. The first kappa shape index (κ1) is 32.4. The first-order valence-electron chi connectivity index (χ1n) is 12.6. The molecular formula is C29H36Cl3N3O4. The van der Waals surface area contributed by atoms with E-state index in [1.807, 2.05) is 12.1 Å². The van der Waals surface area contributed by atoms with Gasteiger partial charge in [-0.1, -0.05) is 43.6 Å². The maximum absolute atomic E-state index is 13.1. The number of para-hydroxylation sites is 2. The highest BCUT2D eigenvalue weighted by molar-refractivity contribution is 6.32. The smallest absolute Gasteiger partial charge is 0.251 e. The van der Waals surface area contributed by atoms with Gasteiger partial charge in [-0.05, 0) is 55.3 Å². The van der Waals surface area contributed by atoms with Gasteiger partial charge in [-0.2, -0.15) is 0 Å². The van der Waals surface area contributed by atoms with Gasteiger partial charge in [0.2, 0.25) is 0 Å². The summed E-state index contributed by atoms with van der Waals surface area (Å²) in [5.41, 5.74) is 1.47. The predicted molar refractivity (Wildman–Crippen MR) is 162 cm³/mol. The molecule has 1 heterocycles. The van der Waals surface area contributed by atoms with Gasteiger partial charge in [0.05, 0.1) is 5.02 Å². The molecule has 0 radical (unpaired) electrons. The second-order valence-electron chi connectivity index (χ2n) is 9.86. The Bertz CT molecular complexity index is 1240. The van der Waals surface area contributed by atoms with Gasteiger partial charge < -0.3 is 25.2 Å². The molecule has 1 unspecified atom stereocenters. The van der Waals surface area contributed by atoms with E-state index in [1.165, 1.54) is 6.07 Å². The van der Waals surface area contributed by atoms with Crippen LogP contribution >= 0.6 is 36.4 Å². The quantitative estimate of drug-likeness (QED) is 0.281. The summed E-state index contributed by atoms with van der Waals surface area (Å²) in [5.74, 6) is 0.979. The van der Waals surface area contributed by atoms with Crippen LogP contribution in [0.5, 0.6) is 23.0 Å². The van der Waals surface area contributed by atoms with Crippen LogP contribution in [0.4, 0.5) is 5.69 Å². The number of ether oxygens (including phenoxy) is 1. The minimum atomic E-state index is -0.193. The first-order valence-corrected chi connectivity index (χ1v) is 12.9. The van der Waals surface area contributed by atoms with Gasteiger partial charge in [0.1, 0.15) is 11.5 Å². The molecule has 7 nitrogen and oxygen atoms in total. The third kappa shape index (κ3) is 8.32. The molecule has 212 valence electrons. The number of rotatable bonds is 8. The highest BCUT2D eigenvalue weighted by Crippen LogP contribution is 2.34. The summed E-state index contributed by atoms with van der Waals surface area (Å²) in [6.07, 6.45) is 0. The van der Waals surface area contributed by atoms with Gasteiger partial charge in [0.25, 0.3) is 5.91 Å². The van der Waals surface area contributed by atoms with Crippen LogP contribution in [0.3, 0.4) is 0 Å². The number of phenolic OH excluding ortho intramolecular Hbond substituents is 2. The molecule has 3 aromatic rings. The number of halogens is 3. The van der Waals surface area contributed by atoms with E-state index in [1.54, 1.807) is 48.5 Å².